The molecule has 0 spiro atoms. The Hall–Kier alpha value is -2.37. The third-order valence-corrected chi connectivity index (χ3v) is 14.6. The number of carbonyl (C=O) groups is 3. The normalized spacial score (nSPS) is 12.2. The van der Waals surface area contributed by atoms with E-state index in [-0.39, 0.29) is 31.1 Å². The van der Waals surface area contributed by atoms with E-state index in [1.165, 1.54) is 244 Å². The number of allylic oxidation sites excluding steroid dienone is 6. The van der Waals surface area contributed by atoms with Crippen LogP contribution in [0.3, 0.4) is 0 Å². The summed E-state index contributed by atoms with van der Waals surface area (Å²) in [5.41, 5.74) is 0. The van der Waals surface area contributed by atoms with Crippen LogP contribution < -0.4 is 0 Å². The van der Waals surface area contributed by atoms with Crippen molar-refractivity contribution in [3.05, 3.63) is 36.5 Å². The molecule has 73 heavy (non-hydrogen) atoms. The van der Waals surface area contributed by atoms with E-state index in [1.807, 2.05) is 0 Å². The van der Waals surface area contributed by atoms with E-state index in [1.54, 1.807) is 0 Å². The first kappa shape index (κ1) is 70.6. The van der Waals surface area contributed by atoms with E-state index in [2.05, 4.69) is 57.2 Å². The number of esters is 3. The molecule has 0 aromatic rings. The molecule has 0 aliphatic rings. The van der Waals surface area contributed by atoms with Crippen LogP contribution in [-0.4, -0.2) is 37.2 Å². The van der Waals surface area contributed by atoms with Gasteiger partial charge >= 0.3 is 17.9 Å². The largest absolute Gasteiger partial charge is 0.462 e. The molecule has 0 aromatic heterocycles. The molecule has 0 bridgehead atoms. The van der Waals surface area contributed by atoms with Gasteiger partial charge in [-0.25, -0.2) is 0 Å². The van der Waals surface area contributed by atoms with Gasteiger partial charge in [0.1, 0.15) is 13.2 Å². The molecule has 0 aliphatic heterocycles. The number of carbonyl (C=O) groups excluding carboxylic acids is 3. The Morgan fingerprint density at radius 2 is 0.493 bits per heavy atom. The van der Waals surface area contributed by atoms with Crippen LogP contribution in [0, 0.1) is 0 Å². The van der Waals surface area contributed by atoms with Crippen molar-refractivity contribution in [3.63, 3.8) is 0 Å². The number of hydrogen-bond donors (Lipinski definition) is 0. The fraction of sp³-hybridized carbons (Fsp3) is 0.866. The molecule has 1 unspecified atom stereocenters. The van der Waals surface area contributed by atoms with Crippen LogP contribution in [0.25, 0.3) is 0 Å². The molecule has 0 heterocycles. The van der Waals surface area contributed by atoms with Gasteiger partial charge in [-0.3, -0.25) is 14.4 Å². The topological polar surface area (TPSA) is 78.9 Å². The summed E-state index contributed by atoms with van der Waals surface area (Å²) in [6, 6.07) is 0. The third kappa shape index (κ3) is 60.4. The minimum atomic E-state index is -0.769. The van der Waals surface area contributed by atoms with Crippen molar-refractivity contribution in [3.8, 4) is 0 Å². The fourth-order valence-corrected chi connectivity index (χ4v) is 9.71. The summed E-state index contributed by atoms with van der Waals surface area (Å²) in [5.74, 6) is -0.869. The Labute approximate surface area is 455 Å². The highest BCUT2D eigenvalue weighted by molar-refractivity contribution is 5.71. The lowest BCUT2D eigenvalue weighted by Crippen LogP contribution is -2.30. The maximum atomic E-state index is 12.8. The summed E-state index contributed by atoms with van der Waals surface area (Å²) in [5, 5.41) is 0. The van der Waals surface area contributed by atoms with Gasteiger partial charge in [-0.2, -0.15) is 0 Å². The number of rotatable bonds is 60. The van der Waals surface area contributed by atoms with Crippen LogP contribution >= 0.6 is 0 Å². The van der Waals surface area contributed by atoms with E-state index >= 15 is 0 Å². The molecule has 0 amide bonds. The summed E-state index contributed by atoms with van der Waals surface area (Å²) in [4.78, 5) is 37.9. The monoisotopic (exact) mass is 1020 g/mol. The van der Waals surface area contributed by atoms with Gasteiger partial charge in [0.25, 0.3) is 0 Å². The average molecular weight is 1030 g/mol. The van der Waals surface area contributed by atoms with Crippen molar-refractivity contribution in [1.29, 1.82) is 0 Å². The Morgan fingerprint density at radius 3 is 0.767 bits per heavy atom. The SMILES string of the molecule is CCCCCCC/C=C\C/C=C\CCCCCCCCCCCC(=O)OC(COC(=O)CCCCCCC)COC(=O)CCCCCCCCCCCCCCCCCCC/C=C\CCCCCCCCCC. The number of ether oxygens (including phenoxy) is 3. The Morgan fingerprint density at radius 1 is 0.274 bits per heavy atom. The Kier molecular flexibility index (Phi) is 60.2. The third-order valence-electron chi connectivity index (χ3n) is 14.6. The van der Waals surface area contributed by atoms with Gasteiger partial charge in [0, 0.05) is 19.3 Å². The lowest BCUT2D eigenvalue weighted by molar-refractivity contribution is -0.167. The van der Waals surface area contributed by atoms with Crippen LogP contribution in [0.1, 0.15) is 355 Å². The molecule has 0 radical (unpaired) electrons. The molecule has 0 fully saturated rings. The van der Waals surface area contributed by atoms with Crippen molar-refractivity contribution in [2.45, 2.75) is 361 Å². The Balaban J connectivity index is 3.97. The van der Waals surface area contributed by atoms with E-state index in [4.69, 9.17) is 14.2 Å². The molecular weight excluding hydrogens is 901 g/mol. The maximum absolute atomic E-state index is 12.8. The minimum absolute atomic E-state index is 0.0704. The molecule has 6 heteroatoms. The maximum Gasteiger partial charge on any atom is 0.306 e. The van der Waals surface area contributed by atoms with Crippen LogP contribution in [0.4, 0.5) is 0 Å². The summed E-state index contributed by atoms with van der Waals surface area (Å²) >= 11 is 0. The summed E-state index contributed by atoms with van der Waals surface area (Å²) in [6.07, 6.45) is 76.4. The second-order valence-corrected chi connectivity index (χ2v) is 22.0. The van der Waals surface area contributed by atoms with E-state index in [0.717, 1.165) is 70.6 Å². The summed E-state index contributed by atoms with van der Waals surface area (Å²) in [7, 11) is 0. The standard InChI is InChI=1S/C67H124O6/c1-4-7-10-13-15-17-19-21-23-25-27-29-30-31-32-33-34-35-36-38-39-41-43-45-47-49-51-54-57-60-66(69)72-63-64(62-71-65(68)59-56-53-12-9-6-3)73-67(70)61-58-55-52-50-48-46-44-42-40-37-28-26-24-22-20-18-16-14-11-8-5-2/h20,22,25-28,64H,4-19,21,23-24,29-63H2,1-3H3/b22-20-,27-25-,28-26-. The van der Waals surface area contributed by atoms with Crippen LogP contribution in [0.5, 0.6) is 0 Å². The predicted octanol–water partition coefficient (Wildman–Crippen LogP) is 22.0. The van der Waals surface area contributed by atoms with Gasteiger partial charge in [-0.05, 0) is 77.0 Å². The second-order valence-electron chi connectivity index (χ2n) is 22.0. The zero-order valence-electron chi connectivity index (χ0n) is 49.2. The molecular formula is C67H124O6. The molecule has 0 saturated carbocycles. The molecule has 0 N–H and O–H groups in total. The molecule has 0 aromatic carbocycles. The van der Waals surface area contributed by atoms with Crippen LogP contribution in [0.15, 0.2) is 36.5 Å². The molecule has 428 valence electrons. The lowest BCUT2D eigenvalue weighted by atomic mass is 10.0. The zero-order chi connectivity index (χ0) is 52.9. The molecule has 6 nitrogen and oxygen atoms in total. The number of hydrogen-bond acceptors (Lipinski definition) is 6. The Bertz CT molecular complexity index is 1220. The highest BCUT2D eigenvalue weighted by atomic mass is 16.6. The zero-order valence-corrected chi connectivity index (χ0v) is 49.2. The van der Waals surface area contributed by atoms with E-state index < -0.39 is 6.10 Å². The van der Waals surface area contributed by atoms with E-state index in [9.17, 15) is 14.4 Å². The predicted molar refractivity (Wildman–Crippen MR) is 316 cm³/mol. The minimum Gasteiger partial charge on any atom is -0.462 e. The first-order valence-corrected chi connectivity index (χ1v) is 32.5. The van der Waals surface area contributed by atoms with Gasteiger partial charge in [0.05, 0.1) is 0 Å². The number of unbranched alkanes of at least 4 members (excludes halogenated alkanes) is 43. The van der Waals surface area contributed by atoms with E-state index in [0.29, 0.717) is 19.3 Å². The summed E-state index contributed by atoms with van der Waals surface area (Å²) in [6.45, 7) is 6.59. The van der Waals surface area contributed by atoms with Crippen molar-refractivity contribution >= 4 is 17.9 Å². The lowest BCUT2D eigenvalue weighted by Gasteiger charge is -2.18. The first-order chi connectivity index (χ1) is 36.0. The van der Waals surface area contributed by atoms with Gasteiger partial charge < -0.3 is 14.2 Å². The second kappa shape index (κ2) is 62.2. The highest BCUT2D eigenvalue weighted by Gasteiger charge is 2.19. The smallest absolute Gasteiger partial charge is 0.306 e. The quantitative estimate of drug-likeness (QED) is 0.0261. The average Bonchev–Trinajstić information content (AvgIpc) is 3.39. The van der Waals surface area contributed by atoms with Crippen molar-refractivity contribution in [1.82, 2.24) is 0 Å². The fourth-order valence-electron chi connectivity index (χ4n) is 9.71. The first-order valence-electron chi connectivity index (χ1n) is 32.5. The molecule has 1 atom stereocenters. The molecule has 0 saturated heterocycles. The summed E-state index contributed by atoms with van der Waals surface area (Å²) < 4.78 is 16.8. The van der Waals surface area contributed by atoms with Gasteiger partial charge in [-0.1, -0.05) is 295 Å². The van der Waals surface area contributed by atoms with Crippen molar-refractivity contribution in [2.24, 2.45) is 0 Å². The van der Waals surface area contributed by atoms with Crippen molar-refractivity contribution in [2.75, 3.05) is 13.2 Å². The molecule has 0 rings (SSSR count). The molecule has 0 aliphatic carbocycles. The van der Waals surface area contributed by atoms with Crippen molar-refractivity contribution < 1.29 is 28.6 Å². The van der Waals surface area contributed by atoms with Gasteiger partial charge in [-0.15, -0.1) is 0 Å². The van der Waals surface area contributed by atoms with Gasteiger partial charge in [0.2, 0.25) is 0 Å². The van der Waals surface area contributed by atoms with Crippen LogP contribution in [0.2, 0.25) is 0 Å². The van der Waals surface area contributed by atoms with Crippen LogP contribution in [-0.2, 0) is 28.6 Å². The van der Waals surface area contributed by atoms with Gasteiger partial charge in [0.15, 0.2) is 6.10 Å². The highest BCUT2D eigenvalue weighted by Crippen LogP contribution is 2.17.